The minimum Gasteiger partial charge on any atom is -0.495 e. The lowest BCUT2D eigenvalue weighted by atomic mass is 10.2. The Hall–Kier alpha value is -3.23. The summed E-state index contributed by atoms with van der Waals surface area (Å²) < 4.78 is 38.9. The van der Waals surface area contributed by atoms with Crippen LogP contribution in [0.2, 0.25) is 5.02 Å². The van der Waals surface area contributed by atoms with Crippen LogP contribution in [0.25, 0.3) is 0 Å². The van der Waals surface area contributed by atoms with E-state index in [-0.39, 0.29) is 28.6 Å². The van der Waals surface area contributed by atoms with E-state index in [1.807, 2.05) is 0 Å². The first-order chi connectivity index (χ1) is 15.3. The standard InChI is InChI=1S/C23H23ClN2O5S/c1-4-13-26(21-9-5-6-10-22(21)30-3)32(28,29)18-11-12-20(24)19(15-18)23(27)25(2)16-17-8-7-14-31-17/h4-12,14-15H,1,13,16H2,2-3H3. The molecule has 0 fully saturated rings. The first kappa shape index (κ1) is 23.4. The van der Waals surface area contributed by atoms with Crippen LogP contribution in [0.4, 0.5) is 5.69 Å². The Labute approximate surface area is 192 Å². The maximum atomic E-state index is 13.5. The molecule has 3 aromatic rings. The normalized spacial score (nSPS) is 11.1. The van der Waals surface area contributed by atoms with E-state index in [4.69, 9.17) is 20.8 Å². The minimum absolute atomic E-state index is 0.00695. The van der Waals surface area contributed by atoms with E-state index < -0.39 is 15.9 Å². The van der Waals surface area contributed by atoms with Gasteiger partial charge in [-0.1, -0.05) is 29.8 Å². The predicted octanol–water partition coefficient (Wildman–Crippen LogP) is 4.60. The lowest BCUT2D eigenvalue weighted by molar-refractivity contribution is 0.0775. The van der Waals surface area contributed by atoms with Gasteiger partial charge in [-0.15, -0.1) is 6.58 Å². The molecule has 7 nitrogen and oxygen atoms in total. The smallest absolute Gasteiger partial charge is 0.264 e. The zero-order chi connectivity index (χ0) is 23.3. The molecule has 0 aliphatic carbocycles. The fourth-order valence-electron chi connectivity index (χ4n) is 3.15. The summed E-state index contributed by atoms with van der Waals surface area (Å²) >= 11 is 6.26. The monoisotopic (exact) mass is 474 g/mol. The number of para-hydroxylation sites is 2. The summed E-state index contributed by atoms with van der Waals surface area (Å²) in [5.74, 6) is 0.548. The van der Waals surface area contributed by atoms with Gasteiger partial charge in [0.15, 0.2) is 0 Å². The van der Waals surface area contributed by atoms with Crippen molar-refractivity contribution in [2.45, 2.75) is 11.4 Å². The third-order valence-electron chi connectivity index (χ3n) is 4.72. The quantitative estimate of drug-likeness (QED) is 0.423. The second-order valence-electron chi connectivity index (χ2n) is 6.88. The molecule has 0 unspecified atom stereocenters. The van der Waals surface area contributed by atoms with Crippen molar-refractivity contribution in [3.8, 4) is 5.75 Å². The van der Waals surface area contributed by atoms with Crippen molar-refractivity contribution in [1.29, 1.82) is 0 Å². The number of rotatable bonds is 9. The summed E-state index contributed by atoms with van der Waals surface area (Å²) in [4.78, 5) is 14.3. The summed E-state index contributed by atoms with van der Waals surface area (Å²) in [7, 11) is -1.01. The molecule has 0 aliphatic rings. The number of hydrogen-bond acceptors (Lipinski definition) is 5. The largest absolute Gasteiger partial charge is 0.495 e. The third-order valence-corrected chi connectivity index (χ3v) is 6.83. The number of methoxy groups -OCH3 is 1. The highest BCUT2D eigenvalue weighted by Crippen LogP contribution is 2.33. The number of carbonyl (C=O) groups excluding carboxylic acids is 1. The molecule has 0 N–H and O–H groups in total. The zero-order valence-corrected chi connectivity index (χ0v) is 19.3. The Balaban J connectivity index is 2.00. The van der Waals surface area contributed by atoms with Crippen LogP contribution in [-0.4, -0.2) is 39.9 Å². The van der Waals surface area contributed by atoms with E-state index in [0.29, 0.717) is 17.2 Å². The van der Waals surface area contributed by atoms with Gasteiger partial charge in [0.25, 0.3) is 15.9 Å². The summed E-state index contributed by atoms with van der Waals surface area (Å²) in [5, 5.41) is 0.146. The maximum absolute atomic E-state index is 13.5. The van der Waals surface area contributed by atoms with Crippen LogP contribution in [0, 0.1) is 0 Å². The second-order valence-corrected chi connectivity index (χ2v) is 9.15. The average molecular weight is 475 g/mol. The Bertz CT molecular complexity index is 1210. The number of benzene rings is 2. The molecule has 1 amide bonds. The summed E-state index contributed by atoms with van der Waals surface area (Å²) in [5.41, 5.74) is 0.424. The summed E-state index contributed by atoms with van der Waals surface area (Å²) in [6, 6.07) is 14.3. The Morgan fingerprint density at radius 3 is 2.59 bits per heavy atom. The van der Waals surface area contributed by atoms with Crippen LogP contribution >= 0.6 is 11.6 Å². The zero-order valence-electron chi connectivity index (χ0n) is 17.7. The van der Waals surface area contributed by atoms with Crippen LogP contribution in [0.15, 0.2) is 82.8 Å². The van der Waals surface area contributed by atoms with Gasteiger partial charge < -0.3 is 14.1 Å². The highest BCUT2D eigenvalue weighted by atomic mass is 35.5. The molecule has 1 heterocycles. The van der Waals surface area contributed by atoms with Crippen LogP contribution in [0.5, 0.6) is 5.75 Å². The molecule has 0 aliphatic heterocycles. The number of amides is 1. The molecular weight excluding hydrogens is 452 g/mol. The Morgan fingerprint density at radius 1 is 1.19 bits per heavy atom. The van der Waals surface area contributed by atoms with Crippen molar-refractivity contribution in [3.05, 3.63) is 89.9 Å². The molecular formula is C23H23ClN2O5S. The van der Waals surface area contributed by atoms with E-state index in [0.717, 1.165) is 0 Å². The molecule has 1 aromatic heterocycles. The molecule has 0 radical (unpaired) electrons. The van der Waals surface area contributed by atoms with Crippen molar-refractivity contribution in [2.24, 2.45) is 0 Å². The minimum atomic E-state index is -4.06. The summed E-state index contributed by atoms with van der Waals surface area (Å²) in [6.45, 7) is 3.89. The first-order valence-corrected chi connectivity index (χ1v) is 11.5. The fourth-order valence-corrected chi connectivity index (χ4v) is 4.82. The van der Waals surface area contributed by atoms with Crippen molar-refractivity contribution in [2.75, 3.05) is 25.0 Å². The molecule has 168 valence electrons. The number of hydrogen-bond donors (Lipinski definition) is 0. The van der Waals surface area contributed by atoms with Gasteiger partial charge in [-0.2, -0.15) is 0 Å². The SMILES string of the molecule is C=CCN(c1ccccc1OC)S(=O)(=O)c1ccc(Cl)c(C(=O)N(C)Cc2ccco2)c1. The number of halogens is 1. The fraction of sp³-hybridized carbons (Fsp3) is 0.174. The highest BCUT2D eigenvalue weighted by Gasteiger charge is 2.28. The number of anilines is 1. The number of nitrogens with zero attached hydrogens (tertiary/aromatic N) is 2. The topological polar surface area (TPSA) is 80.1 Å². The van der Waals surface area contributed by atoms with Crippen LogP contribution in [-0.2, 0) is 16.6 Å². The molecule has 32 heavy (non-hydrogen) atoms. The lowest BCUT2D eigenvalue weighted by Gasteiger charge is -2.25. The number of sulfonamides is 1. The Morgan fingerprint density at radius 2 is 1.94 bits per heavy atom. The van der Waals surface area contributed by atoms with Crippen molar-refractivity contribution in [1.82, 2.24) is 4.90 Å². The van der Waals surface area contributed by atoms with E-state index >= 15 is 0 Å². The van der Waals surface area contributed by atoms with Gasteiger partial charge in [0.05, 0.1) is 47.6 Å². The molecule has 0 bridgehead atoms. The molecule has 2 aromatic carbocycles. The molecule has 0 saturated heterocycles. The second kappa shape index (κ2) is 9.93. The van der Waals surface area contributed by atoms with E-state index in [1.54, 1.807) is 43.4 Å². The van der Waals surface area contributed by atoms with Gasteiger partial charge in [0.2, 0.25) is 0 Å². The van der Waals surface area contributed by atoms with E-state index in [1.165, 1.54) is 46.9 Å². The first-order valence-electron chi connectivity index (χ1n) is 9.63. The maximum Gasteiger partial charge on any atom is 0.264 e. The van der Waals surface area contributed by atoms with Crippen molar-refractivity contribution >= 4 is 33.2 Å². The molecule has 3 rings (SSSR count). The summed E-state index contributed by atoms with van der Waals surface area (Å²) in [6.07, 6.45) is 2.99. The van der Waals surface area contributed by atoms with Crippen molar-refractivity contribution in [3.63, 3.8) is 0 Å². The number of carbonyl (C=O) groups is 1. The Kier molecular flexibility index (Phi) is 7.27. The van der Waals surface area contributed by atoms with Gasteiger partial charge in [-0.3, -0.25) is 9.10 Å². The van der Waals surface area contributed by atoms with Gasteiger partial charge in [0.1, 0.15) is 11.5 Å². The molecule has 0 saturated carbocycles. The third kappa shape index (κ3) is 4.81. The van der Waals surface area contributed by atoms with Crippen LogP contribution in [0.1, 0.15) is 16.1 Å². The highest BCUT2D eigenvalue weighted by molar-refractivity contribution is 7.92. The van der Waals surface area contributed by atoms with Crippen molar-refractivity contribution < 1.29 is 22.4 Å². The van der Waals surface area contributed by atoms with E-state index in [2.05, 4.69) is 6.58 Å². The van der Waals surface area contributed by atoms with Crippen LogP contribution in [0.3, 0.4) is 0 Å². The molecule has 0 atom stereocenters. The number of furan rings is 1. The number of ether oxygens (including phenoxy) is 1. The molecule has 9 heteroatoms. The van der Waals surface area contributed by atoms with Gasteiger partial charge in [-0.05, 0) is 42.5 Å². The molecule has 0 spiro atoms. The van der Waals surface area contributed by atoms with Gasteiger partial charge >= 0.3 is 0 Å². The van der Waals surface area contributed by atoms with E-state index in [9.17, 15) is 13.2 Å². The predicted molar refractivity (Wildman–Crippen MR) is 124 cm³/mol. The van der Waals surface area contributed by atoms with Gasteiger partial charge in [-0.25, -0.2) is 8.42 Å². The van der Waals surface area contributed by atoms with Gasteiger partial charge in [0, 0.05) is 7.05 Å². The lowest BCUT2D eigenvalue weighted by Crippen LogP contribution is -2.32. The van der Waals surface area contributed by atoms with Crippen LogP contribution < -0.4 is 9.04 Å². The average Bonchev–Trinajstić information content (AvgIpc) is 3.30.